The first-order chi connectivity index (χ1) is 9.02. The number of hydrogen-bond acceptors (Lipinski definition) is 4. The number of benzene rings is 1. The first-order valence-corrected chi connectivity index (χ1v) is 6.30. The van der Waals surface area contributed by atoms with Gasteiger partial charge in [-0.15, -0.1) is 0 Å². The SMILES string of the molecule is CNC(=O)c1cccc2nc(N)nc(CC(C)C)c12. The number of hydrogen-bond donors (Lipinski definition) is 2. The number of anilines is 1. The molecule has 100 valence electrons. The lowest BCUT2D eigenvalue weighted by molar-refractivity contribution is 0.0964. The molecule has 1 amide bonds. The predicted molar refractivity (Wildman–Crippen MR) is 75.9 cm³/mol. The summed E-state index contributed by atoms with van der Waals surface area (Å²) in [6, 6.07) is 5.44. The first-order valence-electron chi connectivity index (χ1n) is 6.30. The summed E-state index contributed by atoms with van der Waals surface area (Å²) in [5.74, 6) is 0.538. The van der Waals surface area contributed by atoms with Gasteiger partial charge in [-0.3, -0.25) is 4.79 Å². The lowest BCUT2D eigenvalue weighted by Gasteiger charge is -2.12. The molecule has 0 atom stereocenters. The summed E-state index contributed by atoms with van der Waals surface area (Å²) < 4.78 is 0. The molecule has 0 radical (unpaired) electrons. The second-order valence-electron chi connectivity index (χ2n) is 4.91. The summed E-state index contributed by atoms with van der Waals surface area (Å²) >= 11 is 0. The second kappa shape index (κ2) is 5.22. The van der Waals surface area contributed by atoms with Gasteiger partial charge in [0.15, 0.2) is 0 Å². The molecule has 0 aliphatic rings. The van der Waals surface area contributed by atoms with Gasteiger partial charge in [-0.1, -0.05) is 19.9 Å². The molecule has 2 aromatic rings. The van der Waals surface area contributed by atoms with Crippen molar-refractivity contribution in [3.8, 4) is 0 Å². The van der Waals surface area contributed by atoms with Crippen molar-refractivity contribution in [1.29, 1.82) is 0 Å². The molecule has 0 saturated heterocycles. The van der Waals surface area contributed by atoms with E-state index in [0.29, 0.717) is 17.0 Å². The van der Waals surface area contributed by atoms with E-state index >= 15 is 0 Å². The number of amides is 1. The molecule has 0 saturated carbocycles. The van der Waals surface area contributed by atoms with Crippen LogP contribution in [0.15, 0.2) is 18.2 Å². The third-order valence-corrected chi connectivity index (χ3v) is 2.89. The van der Waals surface area contributed by atoms with Crippen LogP contribution in [0.25, 0.3) is 10.9 Å². The fourth-order valence-corrected chi connectivity index (χ4v) is 2.14. The molecule has 0 unspecified atom stereocenters. The van der Waals surface area contributed by atoms with Crippen LogP contribution in [0, 0.1) is 5.92 Å². The number of nitrogens with one attached hydrogen (secondary N) is 1. The number of nitrogens with two attached hydrogens (primary N) is 1. The fraction of sp³-hybridized carbons (Fsp3) is 0.357. The Hall–Kier alpha value is -2.17. The van der Waals surface area contributed by atoms with E-state index in [1.807, 2.05) is 6.07 Å². The van der Waals surface area contributed by atoms with Crippen molar-refractivity contribution in [2.75, 3.05) is 12.8 Å². The van der Waals surface area contributed by atoms with Crippen molar-refractivity contribution >= 4 is 22.8 Å². The van der Waals surface area contributed by atoms with E-state index in [1.54, 1.807) is 19.2 Å². The minimum Gasteiger partial charge on any atom is -0.368 e. The molecular weight excluding hydrogens is 240 g/mol. The highest BCUT2D eigenvalue weighted by Crippen LogP contribution is 2.23. The second-order valence-corrected chi connectivity index (χ2v) is 4.91. The molecular formula is C14H18N4O. The van der Waals surface area contributed by atoms with Crippen molar-refractivity contribution < 1.29 is 4.79 Å². The van der Waals surface area contributed by atoms with Crippen molar-refractivity contribution in [2.24, 2.45) is 5.92 Å². The smallest absolute Gasteiger partial charge is 0.251 e. The van der Waals surface area contributed by atoms with Gasteiger partial charge >= 0.3 is 0 Å². The Morgan fingerprint density at radius 2 is 2.11 bits per heavy atom. The van der Waals surface area contributed by atoms with Gasteiger partial charge in [-0.05, 0) is 24.5 Å². The molecule has 1 aromatic heterocycles. The lowest BCUT2D eigenvalue weighted by atomic mass is 10.00. The first kappa shape index (κ1) is 13.3. The maximum atomic E-state index is 12.0. The summed E-state index contributed by atoms with van der Waals surface area (Å²) in [5, 5.41) is 3.44. The zero-order valence-corrected chi connectivity index (χ0v) is 11.4. The number of carbonyl (C=O) groups is 1. The minimum atomic E-state index is -0.135. The highest BCUT2D eigenvalue weighted by atomic mass is 16.1. The number of carbonyl (C=O) groups excluding carboxylic acids is 1. The number of nitrogens with zero attached hydrogens (tertiary/aromatic N) is 2. The summed E-state index contributed by atoms with van der Waals surface area (Å²) in [7, 11) is 1.61. The van der Waals surface area contributed by atoms with Gasteiger partial charge in [0.2, 0.25) is 5.95 Å². The Bertz CT molecular complexity index is 622. The average Bonchev–Trinajstić information content (AvgIpc) is 2.36. The Morgan fingerprint density at radius 1 is 1.37 bits per heavy atom. The average molecular weight is 258 g/mol. The topological polar surface area (TPSA) is 80.9 Å². The van der Waals surface area contributed by atoms with E-state index in [9.17, 15) is 4.79 Å². The maximum Gasteiger partial charge on any atom is 0.251 e. The van der Waals surface area contributed by atoms with Gasteiger partial charge in [-0.2, -0.15) is 0 Å². The Morgan fingerprint density at radius 3 is 2.74 bits per heavy atom. The van der Waals surface area contributed by atoms with E-state index in [1.165, 1.54) is 0 Å². The Kier molecular flexibility index (Phi) is 3.64. The summed E-state index contributed by atoms with van der Waals surface area (Å²) in [4.78, 5) is 20.5. The van der Waals surface area contributed by atoms with Crippen LogP contribution in [0.3, 0.4) is 0 Å². The molecule has 5 nitrogen and oxygen atoms in total. The highest BCUT2D eigenvalue weighted by Gasteiger charge is 2.15. The number of nitrogen functional groups attached to an aromatic ring is 1. The van der Waals surface area contributed by atoms with E-state index < -0.39 is 0 Å². The molecule has 1 heterocycles. The van der Waals surface area contributed by atoms with Crippen molar-refractivity contribution in [1.82, 2.24) is 15.3 Å². The largest absolute Gasteiger partial charge is 0.368 e. The molecule has 1 aromatic carbocycles. The number of aromatic nitrogens is 2. The number of rotatable bonds is 3. The van der Waals surface area contributed by atoms with Gasteiger partial charge in [0.25, 0.3) is 5.91 Å². The summed E-state index contributed by atoms with van der Waals surface area (Å²) in [6.07, 6.45) is 0.761. The molecule has 0 aliphatic carbocycles. The molecule has 0 aliphatic heterocycles. The van der Waals surface area contributed by atoms with E-state index in [2.05, 4.69) is 29.1 Å². The van der Waals surface area contributed by atoms with Crippen molar-refractivity contribution in [3.05, 3.63) is 29.5 Å². The van der Waals surface area contributed by atoms with Crippen molar-refractivity contribution in [3.63, 3.8) is 0 Å². The molecule has 0 bridgehead atoms. The van der Waals surface area contributed by atoms with Crippen molar-refractivity contribution in [2.45, 2.75) is 20.3 Å². The quantitative estimate of drug-likeness (QED) is 0.879. The van der Waals surface area contributed by atoms with Crippen LogP contribution in [0.2, 0.25) is 0 Å². The Labute approximate surface area is 112 Å². The molecule has 3 N–H and O–H groups in total. The van der Waals surface area contributed by atoms with Crippen LogP contribution in [0.1, 0.15) is 29.9 Å². The predicted octanol–water partition coefficient (Wildman–Crippen LogP) is 1.77. The van der Waals surface area contributed by atoms with E-state index in [4.69, 9.17) is 5.73 Å². The zero-order chi connectivity index (χ0) is 14.0. The minimum absolute atomic E-state index is 0.135. The summed E-state index contributed by atoms with van der Waals surface area (Å²) in [6.45, 7) is 4.21. The van der Waals surface area contributed by atoms with E-state index in [0.717, 1.165) is 17.5 Å². The van der Waals surface area contributed by atoms with Crippen LogP contribution in [0.4, 0.5) is 5.95 Å². The lowest BCUT2D eigenvalue weighted by Crippen LogP contribution is -2.19. The van der Waals surface area contributed by atoms with Crippen LogP contribution in [0.5, 0.6) is 0 Å². The van der Waals surface area contributed by atoms with Gasteiger partial charge in [0, 0.05) is 12.4 Å². The Balaban J connectivity index is 2.74. The maximum absolute atomic E-state index is 12.0. The van der Waals surface area contributed by atoms with Gasteiger partial charge in [-0.25, -0.2) is 9.97 Å². The normalized spacial score (nSPS) is 10.9. The zero-order valence-electron chi connectivity index (χ0n) is 11.4. The monoisotopic (exact) mass is 258 g/mol. The third-order valence-electron chi connectivity index (χ3n) is 2.89. The molecule has 0 fully saturated rings. The van der Waals surface area contributed by atoms with Crippen LogP contribution < -0.4 is 11.1 Å². The van der Waals surface area contributed by atoms with Gasteiger partial charge in [0.05, 0.1) is 16.8 Å². The standard InChI is InChI=1S/C14H18N4O/c1-8(2)7-11-12-9(13(19)16-3)5-4-6-10(12)17-14(15)18-11/h4-6,8H,7H2,1-3H3,(H,16,19)(H2,15,17,18). The highest BCUT2D eigenvalue weighted by molar-refractivity contribution is 6.07. The van der Waals surface area contributed by atoms with Crippen LogP contribution in [-0.4, -0.2) is 22.9 Å². The fourth-order valence-electron chi connectivity index (χ4n) is 2.14. The van der Waals surface area contributed by atoms with Crippen LogP contribution >= 0.6 is 0 Å². The molecule has 2 rings (SSSR count). The number of fused-ring (bicyclic) bond motifs is 1. The molecule has 5 heteroatoms. The third kappa shape index (κ3) is 2.65. The molecule has 19 heavy (non-hydrogen) atoms. The van der Waals surface area contributed by atoms with Gasteiger partial charge in [0.1, 0.15) is 0 Å². The molecule has 0 spiro atoms. The summed E-state index contributed by atoms with van der Waals surface area (Å²) in [5.41, 5.74) is 7.87. The van der Waals surface area contributed by atoms with E-state index in [-0.39, 0.29) is 11.9 Å². The van der Waals surface area contributed by atoms with Crippen LogP contribution in [-0.2, 0) is 6.42 Å². The van der Waals surface area contributed by atoms with Gasteiger partial charge < -0.3 is 11.1 Å².